The maximum Gasteiger partial charge on any atom is 0.269 e. The van der Waals surface area contributed by atoms with Crippen LogP contribution >= 0.6 is 11.6 Å². The van der Waals surface area contributed by atoms with Crippen LogP contribution in [0.5, 0.6) is 0 Å². The van der Waals surface area contributed by atoms with Crippen LogP contribution < -0.4 is 4.90 Å². The van der Waals surface area contributed by atoms with Crippen molar-refractivity contribution in [3.8, 4) is 0 Å². The summed E-state index contributed by atoms with van der Waals surface area (Å²) in [6, 6.07) is 9.83. The molecule has 0 bridgehead atoms. The first kappa shape index (κ1) is 13.3. The number of halogens is 1. The fraction of sp³-hybridized carbons (Fsp3) is 0. The predicted molar refractivity (Wildman–Crippen MR) is 75.7 cm³/mol. The summed E-state index contributed by atoms with van der Waals surface area (Å²) in [7, 11) is 0. The lowest BCUT2D eigenvalue weighted by atomic mass is 10.1. The fourth-order valence-corrected chi connectivity index (χ4v) is 2.46. The minimum Gasteiger partial charge on any atom is -0.268 e. The Morgan fingerprint density at radius 3 is 2.24 bits per heavy atom. The highest BCUT2D eigenvalue weighted by Gasteiger charge is 2.38. The summed E-state index contributed by atoms with van der Waals surface area (Å²) >= 11 is 5.96. The number of anilines is 1. The first-order chi connectivity index (χ1) is 10.0. The molecule has 0 unspecified atom stereocenters. The van der Waals surface area contributed by atoms with Gasteiger partial charge < -0.3 is 0 Å². The van der Waals surface area contributed by atoms with E-state index < -0.39 is 16.7 Å². The van der Waals surface area contributed by atoms with Crippen LogP contribution in [0.3, 0.4) is 0 Å². The lowest BCUT2D eigenvalue weighted by Gasteiger charge is -2.13. The fourth-order valence-electron chi connectivity index (χ4n) is 2.20. The van der Waals surface area contributed by atoms with Crippen molar-refractivity contribution in [1.82, 2.24) is 0 Å². The molecule has 1 aliphatic heterocycles. The van der Waals surface area contributed by atoms with Crippen molar-refractivity contribution in [2.75, 3.05) is 4.90 Å². The van der Waals surface area contributed by atoms with Gasteiger partial charge in [-0.15, -0.1) is 0 Å². The van der Waals surface area contributed by atoms with E-state index in [0.717, 1.165) is 4.90 Å². The number of nitro groups is 1. The number of amides is 2. The van der Waals surface area contributed by atoms with E-state index in [9.17, 15) is 19.7 Å². The summed E-state index contributed by atoms with van der Waals surface area (Å²) < 4.78 is 0. The van der Waals surface area contributed by atoms with E-state index in [1.165, 1.54) is 36.4 Å². The van der Waals surface area contributed by atoms with Crippen molar-refractivity contribution in [3.05, 3.63) is 68.7 Å². The molecule has 2 aromatic rings. The molecule has 0 aliphatic carbocycles. The monoisotopic (exact) mass is 302 g/mol. The lowest BCUT2D eigenvalue weighted by molar-refractivity contribution is -0.384. The van der Waals surface area contributed by atoms with E-state index in [-0.39, 0.29) is 27.5 Å². The third kappa shape index (κ3) is 1.96. The third-order valence-electron chi connectivity index (χ3n) is 3.18. The highest BCUT2D eigenvalue weighted by atomic mass is 35.5. The van der Waals surface area contributed by atoms with Crippen molar-refractivity contribution in [1.29, 1.82) is 0 Å². The number of carbonyl (C=O) groups excluding carboxylic acids is 2. The lowest BCUT2D eigenvalue weighted by Crippen LogP contribution is -2.29. The first-order valence-electron chi connectivity index (χ1n) is 5.92. The highest BCUT2D eigenvalue weighted by molar-refractivity contribution is 6.42. The third-order valence-corrected chi connectivity index (χ3v) is 3.50. The first-order valence-corrected chi connectivity index (χ1v) is 6.30. The van der Waals surface area contributed by atoms with Gasteiger partial charge in [0.25, 0.3) is 17.5 Å². The van der Waals surface area contributed by atoms with Gasteiger partial charge in [-0.3, -0.25) is 19.7 Å². The SMILES string of the molecule is O=C1c2cccc(Cl)c2C(=O)N1c1ccc([N+](=O)[O-])cc1. The average molecular weight is 303 g/mol. The number of nitrogens with zero attached hydrogens (tertiary/aromatic N) is 2. The summed E-state index contributed by atoms with van der Waals surface area (Å²) in [5, 5.41) is 10.8. The summed E-state index contributed by atoms with van der Waals surface area (Å²) in [5.74, 6) is -1.03. The predicted octanol–water partition coefficient (Wildman–Crippen LogP) is 3.05. The average Bonchev–Trinajstić information content (AvgIpc) is 2.72. The number of benzene rings is 2. The molecule has 0 fully saturated rings. The van der Waals surface area contributed by atoms with Gasteiger partial charge >= 0.3 is 0 Å². The zero-order valence-electron chi connectivity index (χ0n) is 10.4. The Labute approximate surface area is 123 Å². The van der Waals surface area contributed by atoms with Crippen LogP contribution in [-0.4, -0.2) is 16.7 Å². The van der Waals surface area contributed by atoms with Gasteiger partial charge in [0.05, 0.1) is 26.8 Å². The van der Waals surface area contributed by atoms with E-state index in [0.29, 0.717) is 0 Å². The molecule has 0 atom stereocenters. The van der Waals surface area contributed by atoms with Crippen LogP contribution in [-0.2, 0) is 0 Å². The smallest absolute Gasteiger partial charge is 0.268 e. The molecular weight excluding hydrogens is 296 g/mol. The molecule has 0 saturated heterocycles. The van der Waals surface area contributed by atoms with E-state index in [1.807, 2.05) is 0 Å². The zero-order chi connectivity index (χ0) is 15.1. The molecule has 7 heteroatoms. The van der Waals surface area contributed by atoms with E-state index >= 15 is 0 Å². The molecule has 0 radical (unpaired) electrons. The summed E-state index contributed by atoms with van der Waals surface area (Å²) in [4.78, 5) is 35.7. The molecule has 6 nitrogen and oxygen atoms in total. The molecule has 21 heavy (non-hydrogen) atoms. The molecular formula is C14H7ClN2O4. The van der Waals surface area contributed by atoms with E-state index in [1.54, 1.807) is 6.07 Å². The number of non-ortho nitro benzene ring substituents is 1. The van der Waals surface area contributed by atoms with Crippen LogP contribution in [0, 0.1) is 10.1 Å². The molecule has 1 heterocycles. The number of carbonyl (C=O) groups is 2. The molecule has 0 saturated carbocycles. The Kier molecular flexibility index (Phi) is 2.95. The maximum atomic E-state index is 12.3. The normalized spacial score (nSPS) is 13.5. The van der Waals surface area contributed by atoms with Crippen molar-refractivity contribution in [2.24, 2.45) is 0 Å². The molecule has 2 aromatic carbocycles. The number of imide groups is 1. The summed E-state index contributed by atoms with van der Waals surface area (Å²) in [6.45, 7) is 0. The van der Waals surface area contributed by atoms with Crippen LogP contribution in [0.15, 0.2) is 42.5 Å². The summed E-state index contributed by atoms with van der Waals surface area (Å²) in [5.41, 5.74) is 0.532. The second-order valence-corrected chi connectivity index (χ2v) is 4.79. The number of hydrogen-bond acceptors (Lipinski definition) is 4. The Balaban J connectivity index is 2.06. The van der Waals surface area contributed by atoms with Crippen LogP contribution in [0.2, 0.25) is 5.02 Å². The van der Waals surface area contributed by atoms with Crippen LogP contribution in [0.1, 0.15) is 20.7 Å². The Morgan fingerprint density at radius 1 is 1.00 bits per heavy atom. The highest BCUT2D eigenvalue weighted by Crippen LogP contribution is 2.33. The minimum absolute atomic E-state index is 0.117. The van der Waals surface area contributed by atoms with Crippen LogP contribution in [0.25, 0.3) is 0 Å². The molecule has 0 N–H and O–H groups in total. The van der Waals surface area contributed by atoms with Gasteiger partial charge in [0.2, 0.25) is 0 Å². The number of hydrogen-bond donors (Lipinski definition) is 0. The number of nitro benzene ring substituents is 1. The Morgan fingerprint density at radius 2 is 1.67 bits per heavy atom. The number of fused-ring (bicyclic) bond motifs is 1. The van der Waals surface area contributed by atoms with Gasteiger partial charge in [0, 0.05) is 12.1 Å². The van der Waals surface area contributed by atoms with Gasteiger partial charge in [-0.05, 0) is 24.3 Å². The topological polar surface area (TPSA) is 80.5 Å². The quantitative estimate of drug-likeness (QED) is 0.485. The van der Waals surface area contributed by atoms with Gasteiger partial charge in [0.1, 0.15) is 0 Å². The van der Waals surface area contributed by atoms with Crippen molar-refractivity contribution < 1.29 is 14.5 Å². The van der Waals surface area contributed by atoms with Gasteiger partial charge in [0.15, 0.2) is 0 Å². The second-order valence-electron chi connectivity index (χ2n) is 4.38. The zero-order valence-corrected chi connectivity index (χ0v) is 11.2. The number of rotatable bonds is 2. The van der Waals surface area contributed by atoms with Gasteiger partial charge in [-0.1, -0.05) is 17.7 Å². The molecule has 1 aliphatic rings. The second kappa shape index (κ2) is 4.68. The molecule has 0 aromatic heterocycles. The Hall–Kier alpha value is -2.73. The molecule has 3 rings (SSSR count). The van der Waals surface area contributed by atoms with Gasteiger partial charge in [-0.2, -0.15) is 0 Å². The molecule has 0 spiro atoms. The minimum atomic E-state index is -0.553. The Bertz CT molecular complexity index is 786. The summed E-state index contributed by atoms with van der Waals surface area (Å²) in [6.07, 6.45) is 0. The van der Waals surface area contributed by atoms with Gasteiger partial charge in [-0.25, -0.2) is 4.90 Å². The van der Waals surface area contributed by atoms with E-state index in [4.69, 9.17) is 11.6 Å². The molecule has 104 valence electrons. The maximum absolute atomic E-state index is 12.3. The van der Waals surface area contributed by atoms with Crippen molar-refractivity contribution in [2.45, 2.75) is 0 Å². The standard InChI is InChI=1S/C14H7ClN2O4/c15-11-3-1-2-10-12(11)14(19)16(13(10)18)8-4-6-9(7-5-8)17(20)21/h1-7H. The van der Waals surface area contributed by atoms with Crippen molar-refractivity contribution >= 4 is 34.8 Å². The van der Waals surface area contributed by atoms with Crippen LogP contribution in [0.4, 0.5) is 11.4 Å². The molecule has 2 amide bonds. The van der Waals surface area contributed by atoms with Crippen molar-refractivity contribution in [3.63, 3.8) is 0 Å². The van der Waals surface area contributed by atoms with E-state index in [2.05, 4.69) is 0 Å². The largest absolute Gasteiger partial charge is 0.269 e.